The van der Waals surface area contributed by atoms with E-state index in [1.807, 2.05) is 25.1 Å². The van der Waals surface area contributed by atoms with Gasteiger partial charge in [0.15, 0.2) is 5.91 Å². The van der Waals surface area contributed by atoms with Gasteiger partial charge in [-0.1, -0.05) is 43.4 Å². The van der Waals surface area contributed by atoms with Crippen LogP contribution in [-0.2, 0) is 9.59 Å². The number of rotatable bonds is 6. The predicted octanol–water partition coefficient (Wildman–Crippen LogP) is 5.43. The van der Waals surface area contributed by atoms with Gasteiger partial charge < -0.3 is 22.7 Å². The van der Waals surface area contributed by atoms with Crippen LogP contribution in [0.25, 0.3) is 17.4 Å². The largest absolute Gasteiger partial charge is 0.664 e. The van der Waals surface area contributed by atoms with Crippen LogP contribution in [0.4, 0.5) is 8.78 Å². The number of allylic oxidation sites excluding steroid dienone is 2. The van der Waals surface area contributed by atoms with E-state index in [1.165, 1.54) is 6.08 Å². The molecule has 0 fully saturated rings. The fourth-order valence-electron chi connectivity index (χ4n) is 2.78. The van der Waals surface area contributed by atoms with Crippen molar-refractivity contribution in [3.8, 4) is 0 Å². The Morgan fingerprint density at radius 3 is 2.45 bits per heavy atom. The number of nitrogens with two attached hydrogens (primary N) is 1. The molecule has 0 aliphatic heterocycles. The second-order valence-electron chi connectivity index (χ2n) is 6.52. The van der Waals surface area contributed by atoms with Gasteiger partial charge in [-0.05, 0) is 47.3 Å². The van der Waals surface area contributed by atoms with Gasteiger partial charge in [-0.15, -0.1) is 0 Å². The fraction of sp³-hybridized carbons (Fsp3) is 0.318. The Labute approximate surface area is 165 Å². The van der Waals surface area contributed by atoms with Crippen LogP contribution in [0.5, 0.6) is 0 Å². The van der Waals surface area contributed by atoms with E-state index in [1.54, 1.807) is 25.5 Å². The maximum absolute atomic E-state index is 13.3. The second-order valence-corrected chi connectivity index (χ2v) is 6.52. The third-order valence-corrected chi connectivity index (χ3v) is 4.33. The molecule has 0 bridgehead atoms. The number of halogens is 2. The maximum Gasteiger partial charge on any atom is 0.251 e. The smallest absolute Gasteiger partial charge is 0.251 e. The Kier molecular flexibility index (Phi) is 9.72. The van der Waals surface area contributed by atoms with Gasteiger partial charge in [-0.2, -0.15) is 6.92 Å². The number of nitrogens with one attached hydrogen (secondary N) is 1. The van der Waals surface area contributed by atoms with Gasteiger partial charge in [0.2, 0.25) is 0 Å². The molecule has 0 saturated heterocycles. The number of carbonyl (C=O) groups excluding carboxylic acids is 2. The van der Waals surface area contributed by atoms with Crippen molar-refractivity contribution < 1.29 is 18.4 Å². The number of hydrogen-bond donors (Lipinski definition) is 1. The predicted molar refractivity (Wildman–Crippen MR) is 109 cm³/mol. The van der Waals surface area contributed by atoms with E-state index < -0.39 is 11.8 Å². The van der Waals surface area contributed by atoms with Crippen LogP contribution >= 0.6 is 0 Å². The van der Waals surface area contributed by atoms with E-state index in [0.29, 0.717) is 12.8 Å². The third kappa shape index (κ3) is 7.79. The van der Waals surface area contributed by atoms with Gasteiger partial charge in [-0.3, -0.25) is 4.79 Å². The third-order valence-electron chi connectivity index (χ3n) is 4.33. The van der Waals surface area contributed by atoms with Gasteiger partial charge >= 0.3 is 0 Å². The van der Waals surface area contributed by atoms with Crippen LogP contribution in [0, 0.1) is 13.3 Å². The van der Waals surface area contributed by atoms with Crippen LogP contribution in [0.2, 0.25) is 0 Å². The van der Waals surface area contributed by atoms with Crippen LogP contribution in [0.15, 0.2) is 42.5 Å². The Bertz CT molecular complexity index is 802. The zero-order valence-corrected chi connectivity index (χ0v) is 18.6. The summed E-state index contributed by atoms with van der Waals surface area (Å²) < 4.78 is 26.5. The number of alkyl halides is 2. The first-order chi connectivity index (χ1) is 13.1. The Morgan fingerprint density at radius 2 is 2.03 bits per heavy atom. The molecule has 1 radical (unpaired) electrons. The fourth-order valence-corrected chi connectivity index (χ4v) is 2.78. The quantitative estimate of drug-likeness (QED) is 0.253. The van der Waals surface area contributed by atoms with Crippen molar-refractivity contribution in [3.05, 3.63) is 71.3 Å². The number of carbonyl (C=O) groups is 2. The summed E-state index contributed by atoms with van der Waals surface area (Å²) in [5.74, 6) is -3.67. The number of amides is 2. The van der Waals surface area contributed by atoms with E-state index in [4.69, 9.17) is 11.5 Å². The van der Waals surface area contributed by atoms with Gasteiger partial charge in [0.25, 0.3) is 5.92 Å². The molecule has 0 unspecified atom stereocenters. The Morgan fingerprint density at radius 1 is 1.38 bits per heavy atom. The zero-order valence-electron chi connectivity index (χ0n) is 16.5. The second kappa shape index (κ2) is 11.2. The molecule has 1 aliphatic carbocycles. The van der Waals surface area contributed by atoms with E-state index in [2.05, 4.69) is 6.58 Å². The Hall–Kier alpha value is -3.76. The average Bonchev–Trinajstić information content (AvgIpc) is 2.61. The average molecular weight is 650 g/mol. The summed E-state index contributed by atoms with van der Waals surface area (Å²) in [6.45, 7) is 7.22. The molecule has 3 N–H and O–H groups in total. The molecule has 167 valence electrons. The number of benzene rings is 1. The van der Waals surface area contributed by atoms with E-state index >= 15 is 0 Å². The number of primary amides is 1. The normalized spacial score (nSPS) is 15.2. The van der Waals surface area contributed by atoms with Gasteiger partial charge in [-0.25, -0.2) is 8.78 Å². The van der Waals surface area contributed by atoms with Crippen molar-refractivity contribution in [1.29, 1.82) is 0 Å². The molecule has 2 rings (SSSR count). The molecule has 0 atom stereocenters. The SMILES string of the molecule is C=C/C(=C\c1cccc(C2=CCC(F)(F)CC2)c1C)C([NH-])=O.C[CH-]CC(N)=O.[Lr]. The number of hydrogen-bond acceptors (Lipinski definition) is 2. The summed E-state index contributed by atoms with van der Waals surface area (Å²) in [6, 6.07) is 5.57. The molecule has 1 aliphatic rings. The molecule has 0 saturated carbocycles. The van der Waals surface area contributed by atoms with Gasteiger partial charge in [0.05, 0.1) is 5.91 Å². The molecule has 2 amide bonds. The first-order valence-corrected chi connectivity index (χ1v) is 8.94. The molecular formula is C22H26F2LrN2O2-2. The van der Waals surface area contributed by atoms with E-state index in [-0.39, 0.29) is 24.3 Å². The van der Waals surface area contributed by atoms with Crippen molar-refractivity contribution in [3.63, 3.8) is 0 Å². The maximum atomic E-state index is 13.3. The summed E-state index contributed by atoms with van der Waals surface area (Å²) in [5, 5.41) is 0. The molecule has 0 heterocycles. The van der Waals surface area contributed by atoms with Gasteiger partial charge in [0.1, 0.15) is 0 Å². The first-order valence-electron chi connectivity index (χ1n) is 8.94. The summed E-state index contributed by atoms with van der Waals surface area (Å²) in [7, 11) is 0. The molecule has 1 aromatic carbocycles. The minimum Gasteiger partial charge on any atom is -0.664 e. The molecule has 1 aromatic rings. The molecule has 0 spiro atoms. The topological polar surface area (TPSA) is 84.0 Å². The summed E-state index contributed by atoms with van der Waals surface area (Å²) in [4.78, 5) is 21.0. The van der Waals surface area contributed by atoms with Crippen molar-refractivity contribution in [2.24, 2.45) is 5.73 Å². The van der Waals surface area contributed by atoms with E-state index in [0.717, 1.165) is 22.3 Å². The summed E-state index contributed by atoms with van der Waals surface area (Å²) in [5.41, 5.74) is 15.7. The summed E-state index contributed by atoms with van der Waals surface area (Å²) >= 11 is 0. The molecule has 0 aromatic heterocycles. The van der Waals surface area contributed by atoms with Crippen molar-refractivity contribution in [2.75, 3.05) is 0 Å². The molecule has 29 heavy (non-hydrogen) atoms. The van der Waals surface area contributed by atoms with Crippen LogP contribution in [0.1, 0.15) is 49.3 Å². The monoisotopic (exact) mass is 650 g/mol. The van der Waals surface area contributed by atoms with Crippen molar-refractivity contribution in [2.45, 2.75) is 45.5 Å². The molecule has 7 heteroatoms. The van der Waals surface area contributed by atoms with Crippen molar-refractivity contribution in [1.82, 2.24) is 0 Å². The molecular weight excluding hydrogens is 624 g/mol. The minimum absolute atomic E-state index is 0. The minimum atomic E-state index is -2.61. The van der Waals surface area contributed by atoms with Crippen LogP contribution in [0.3, 0.4) is 0 Å². The van der Waals surface area contributed by atoms with E-state index in [9.17, 15) is 18.4 Å². The molecule has 4 nitrogen and oxygen atoms in total. The summed E-state index contributed by atoms with van der Waals surface area (Å²) in [6.07, 6.45) is 6.64. The standard InChI is InChI=1S/C18H19F2NO.C4H8NO.Lr/c1-3-13(17(21)22)11-15-5-4-6-16(12(15)2)14-7-9-18(19,20)10-8-14;1-2-3-4(5)6;/h3-7,11H,1,8-10H2,2H3,(H2,21,22);2H,3H2,1H3,(H2,5,6);/q;-1;/p-1/b13-11+;;. The van der Waals surface area contributed by atoms with Crippen LogP contribution < -0.4 is 5.73 Å². The van der Waals surface area contributed by atoms with Gasteiger partial charge in [0, 0.05) is 12.8 Å². The van der Waals surface area contributed by atoms with Crippen molar-refractivity contribution >= 4 is 23.5 Å². The zero-order chi connectivity index (χ0) is 21.3. The Balaban J connectivity index is 0.000000981. The first kappa shape index (κ1) is 25.2. The van der Waals surface area contributed by atoms with Crippen LogP contribution in [-0.4, -0.2) is 17.7 Å².